The molecule has 2 aromatic carbocycles. The summed E-state index contributed by atoms with van der Waals surface area (Å²) in [5.41, 5.74) is 2.52. The van der Waals surface area contributed by atoms with Crippen LogP contribution in [0.4, 0.5) is 10.3 Å². The van der Waals surface area contributed by atoms with Crippen molar-refractivity contribution in [1.29, 1.82) is 0 Å². The third kappa shape index (κ3) is 4.17. The molecule has 150 valence electrons. The smallest absolute Gasteiger partial charge is 0.241 e. The molecule has 0 aliphatic rings. The van der Waals surface area contributed by atoms with Gasteiger partial charge in [-0.25, -0.2) is 14.4 Å². The molecule has 1 amide bonds. The number of carbonyl (C=O) groups excluding carboxylic acids is 1. The summed E-state index contributed by atoms with van der Waals surface area (Å²) < 4.78 is 18.7. The molecule has 2 heterocycles. The second-order valence-electron chi connectivity index (χ2n) is 6.27. The van der Waals surface area contributed by atoms with Crippen LogP contribution in [0.2, 0.25) is 10.0 Å². The standard InChI is InChI=1S/C21H13Cl2FN4O2/c22-15-3-1-2-13(19(15)23)10-17(29)27-21-18(16-8-9-25-11-26-16)20(28-30-21)12-4-6-14(24)7-5-12/h1-9,11H,10H2,(H,27,29). The van der Waals surface area contributed by atoms with Crippen molar-refractivity contribution < 1.29 is 13.7 Å². The molecule has 2 aromatic heterocycles. The summed E-state index contributed by atoms with van der Waals surface area (Å²) in [7, 11) is 0. The van der Waals surface area contributed by atoms with Crippen LogP contribution in [0.25, 0.3) is 22.5 Å². The van der Waals surface area contributed by atoms with Gasteiger partial charge in [0.1, 0.15) is 17.8 Å². The number of benzene rings is 2. The molecule has 9 heteroatoms. The van der Waals surface area contributed by atoms with E-state index in [-0.39, 0.29) is 24.0 Å². The van der Waals surface area contributed by atoms with E-state index in [4.69, 9.17) is 27.7 Å². The van der Waals surface area contributed by atoms with Gasteiger partial charge in [-0.15, -0.1) is 0 Å². The number of amides is 1. The Morgan fingerprint density at radius 3 is 2.63 bits per heavy atom. The second-order valence-corrected chi connectivity index (χ2v) is 7.06. The van der Waals surface area contributed by atoms with Gasteiger partial charge in [0.25, 0.3) is 0 Å². The quantitative estimate of drug-likeness (QED) is 0.445. The highest BCUT2D eigenvalue weighted by Gasteiger charge is 2.22. The van der Waals surface area contributed by atoms with Gasteiger partial charge in [-0.05, 0) is 42.0 Å². The molecule has 0 radical (unpaired) electrons. The summed E-state index contributed by atoms with van der Waals surface area (Å²) in [4.78, 5) is 20.8. The minimum absolute atomic E-state index is 0.0187. The molecular formula is C21H13Cl2FN4O2. The number of hydrogen-bond donors (Lipinski definition) is 1. The van der Waals surface area contributed by atoms with Crippen molar-refractivity contribution in [2.75, 3.05) is 5.32 Å². The van der Waals surface area contributed by atoms with Crippen LogP contribution in [0, 0.1) is 5.82 Å². The normalized spacial score (nSPS) is 10.8. The summed E-state index contributed by atoms with van der Waals surface area (Å²) in [5, 5.41) is 7.44. The highest BCUT2D eigenvalue weighted by atomic mass is 35.5. The first kappa shape index (κ1) is 20.0. The Hall–Kier alpha value is -3.29. The molecule has 0 aliphatic heterocycles. The van der Waals surface area contributed by atoms with E-state index in [1.807, 2.05) is 0 Å². The lowest BCUT2D eigenvalue weighted by atomic mass is 10.0. The van der Waals surface area contributed by atoms with E-state index in [0.717, 1.165) is 0 Å². The minimum atomic E-state index is -0.378. The van der Waals surface area contributed by atoms with E-state index in [2.05, 4.69) is 20.4 Å². The molecule has 0 atom stereocenters. The molecule has 0 fully saturated rings. The third-order valence-electron chi connectivity index (χ3n) is 4.28. The first-order chi connectivity index (χ1) is 14.5. The van der Waals surface area contributed by atoms with Crippen LogP contribution in [-0.4, -0.2) is 21.0 Å². The van der Waals surface area contributed by atoms with Gasteiger partial charge in [0.2, 0.25) is 11.8 Å². The molecule has 0 saturated heterocycles. The van der Waals surface area contributed by atoms with Crippen LogP contribution in [0.1, 0.15) is 5.56 Å². The molecule has 0 aliphatic carbocycles. The Labute approximate surface area is 180 Å². The van der Waals surface area contributed by atoms with E-state index in [1.54, 1.807) is 42.6 Å². The molecule has 0 unspecified atom stereocenters. The van der Waals surface area contributed by atoms with Crippen molar-refractivity contribution in [3.8, 4) is 22.5 Å². The lowest BCUT2D eigenvalue weighted by molar-refractivity contribution is -0.115. The van der Waals surface area contributed by atoms with Gasteiger partial charge in [-0.2, -0.15) is 0 Å². The average molecular weight is 443 g/mol. The highest BCUT2D eigenvalue weighted by molar-refractivity contribution is 6.42. The second kappa shape index (κ2) is 8.61. The predicted octanol–water partition coefficient (Wildman–Crippen LogP) is 5.43. The van der Waals surface area contributed by atoms with Gasteiger partial charge in [-0.3, -0.25) is 10.1 Å². The molecule has 1 N–H and O–H groups in total. The number of carbonyl (C=O) groups is 1. The van der Waals surface area contributed by atoms with Crippen LogP contribution in [0.5, 0.6) is 0 Å². The van der Waals surface area contributed by atoms with E-state index < -0.39 is 0 Å². The monoisotopic (exact) mass is 442 g/mol. The maximum atomic E-state index is 13.3. The zero-order valence-corrected chi connectivity index (χ0v) is 16.8. The van der Waals surface area contributed by atoms with E-state index in [9.17, 15) is 9.18 Å². The summed E-state index contributed by atoms with van der Waals surface area (Å²) in [6.45, 7) is 0. The Morgan fingerprint density at radius 1 is 1.10 bits per heavy atom. The zero-order chi connectivity index (χ0) is 21.1. The highest BCUT2D eigenvalue weighted by Crippen LogP contribution is 2.37. The number of halogens is 3. The van der Waals surface area contributed by atoms with Crippen molar-refractivity contribution in [1.82, 2.24) is 15.1 Å². The molecule has 0 saturated carbocycles. The largest absolute Gasteiger partial charge is 0.337 e. The fraction of sp³-hybridized carbons (Fsp3) is 0.0476. The summed E-state index contributed by atoms with van der Waals surface area (Å²) in [6, 6.07) is 12.5. The Balaban J connectivity index is 1.68. The van der Waals surface area contributed by atoms with E-state index in [0.29, 0.717) is 38.1 Å². The SMILES string of the molecule is O=C(Cc1cccc(Cl)c1Cl)Nc1onc(-c2ccc(F)cc2)c1-c1ccncn1. The lowest BCUT2D eigenvalue weighted by Gasteiger charge is -2.07. The predicted molar refractivity (Wildman–Crippen MR) is 112 cm³/mol. The van der Waals surface area contributed by atoms with Crippen molar-refractivity contribution >= 4 is 35.0 Å². The average Bonchev–Trinajstić information content (AvgIpc) is 3.16. The number of rotatable bonds is 5. The van der Waals surface area contributed by atoms with E-state index >= 15 is 0 Å². The van der Waals surface area contributed by atoms with E-state index in [1.165, 1.54) is 18.5 Å². The molecule has 4 aromatic rings. The molecule has 0 bridgehead atoms. The first-order valence-corrected chi connectivity index (χ1v) is 9.53. The summed E-state index contributed by atoms with van der Waals surface area (Å²) >= 11 is 12.2. The Bertz CT molecular complexity index is 1200. The number of aromatic nitrogens is 3. The summed E-state index contributed by atoms with van der Waals surface area (Å²) in [5.74, 6) is -0.648. The minimum Gasteiger partial charge on any atom is -0.337 e. The maximum absolute atomic E-state index is 13.3. The van der Waals surface area contributed by atoms with Gasteiger partial charge in [0.05, 0.1) is 27.7 Å². The Morgan fingerprint density at radius 2 is 1.90 bits per heavy atom. The van der Waals surface area contributed by atoms with Crippen molar-refractivity contribution in [3.63, 3.8) is 0 Å². The van der Waals surface area contributed by atoms with Gasteiger partial charge in [0, 0.05) is 11.8 Å². The number of hydrogen-bond acceptors (Lipinski definition) is 5. The molecule has 6 nitrogen and oxygen atoms in total. The maximum Gasteiger partial charge on any atom is 0.241 e. The molecule has 30 heavy (non-hydrogen) atoms. The van der Waals surface area contributed by atoms with Gasteiger partial charge in [0.15, 0.2) is 0 Å². The number of anilines is 1. The Kier molecular flexibility index (Phi) is 5.74. The summed E-state index contributed by atoms with van der Waals surface area (Å²) in [6.07, 6.45) is 2.91. The van der Waals surface area contributed by atoms with Crippen molar-refractivity contribution in [3.05, 3.63) is 82.5 Å². The third-order valence-corrected chi connectivity index (χ3v) is 5.14. The number of nitrogens with zero attached hydrogens (tertiary/aromatic N) is 3. The van der Waals surface area contributed by atoms with Gasteiger partial charge in [-0.1, -0.05) is 40.5 Å². The zero-order valence-electron chi connectivity index (χ0n) is 15.3. The van der Waals surface area contributed by atoms with Crippen LogP contribution in [-0.2, 0) is 11.2 Å². The first-order valence-electron chi connectivity index (χ1n) is 8.77. The number of nitrogens with one attached hydrogen (secondary N) is 1. The molecule has 4 rings (SSSR count). The topological polar surface area (TPSA) is 80.9 Å². The van der Waals surface area contributed by atoms with Crippen LogP contribution in [0.15, 0.2) is 65.6 Å². The van der Waals surface area contributed by atoms with Gasteiger partial charge >= 0.3 is 0 Å². The van der Waals surface area contributed by atoms with Crippen molar-refractivity contribution in [2.24, 2.45) is 0 Å². The fourth-order valence-electron chi connectivity index (χ4n) is 2.89. The lowest BCUT2D eigenvalue weighted by Crippen LogP contribution is -2.15. The molecular weight excluding hydrogens is 430 g/mol. The van der Waals surface area contributed by atoms with Gasteiger partial charge < -0.3 is 4.52 Å². The van der Waals surface area contributed by atoms with Crippen LogP contribution in [0.3, 0.4) is 0 Å². The van der Waals surface area contributed by atoms with Crippen LogP contribution >= 0.6 is 23.2 Å². The fourth-order valence-corrected chi connectivity index (χ4v) is 3.27. The van der Waals surface area contributed by atoms with Crippen LogP contribution < -0.4 is 5.32 Å². The van der Waals surface area contributed by atoms with Crippen molar-refractivity contribution in [2.45, 2.75) is 6.42 Å². The molecule has 0 spiro atoms.